The predicted molar refractivity (Wildman–Crippen MR) is 74.6 cm³/mol. The summed E-state index contributed by atoms with van der Waals surface area (Å²) in [5, 5.41) is 9.63. The van der Waals surface area contributed by atoms with E-state index in [0.717, 1.165) is 19.6 Å². The Bertz CT molecular complexity index is 355. The highest BCUT2D eigenvalue weighted by atomic mass is 16.3. The van der Waals surface area contributed by atoms with Crippen LogP contribution >= 0.6 is 0 Å². The van der Waals surface area contributed by atoms with Crippen molar-refractivity contribution in [3.8, 4) is 0 Å². The van der Waals surface area contributed by atoms with E-state index in [0.29, 0.717) is 6.04 Å². The van der Waals surface area contributed by atoms with Crippen LogP contribution in [0.15, 0.2) is 30.3 Å². The maximum atomic E-state index is 9.63. The fraction of sp³-hybridized carbons (Fsp3) is 0.600. The van der Waals surface area contributed by atoms with Gasteiger partial charge in [-0.05, 0) is 32.5 Å². The van der Waals surface area contributed by atoms with Crippen molar-refractivity contribution in [3.05, 3.63) is 35.9 Å². The van der Waals surface area contributed by atoms with E-state index in [2.05, 4.69) is 54.1 Å². The summed E-state index contributed by atoms with van der Waals surface area (Å²) in [6.45, 7) is 5.61. The highest BCUT2D eigenvalue weighted by Gasteiger charge is 2.27. The third-order valence-electron chi connectivity index (χ3n) is 3.94. The van der Waals surface area contributed by atoms with E-state index in [-0.39, 0.29) is 12.6 Å². The van der Waals surface area contributed by atoms with E-state index in [9.17, 15) is 5.11 Å². The number of hydrogen-bond acceptors (Lipinski definition) is 3. The van der Waals surface area contributed by atoms with Crippen molar-refractivity contribution in [3.63, 3.8) is 0 Å². The lowest BCUT2D eigenvalue weighted by Gasteiger charge is -2.34. The lowest BCUT2D eigenvalue weighted by molar-refractivity contribution is 0.0865. The van der Waals surface area contributed by atoms with Gasteiger partial charge in [-0.15, -0.1) is 0 Å². The van der Waals surface area contributed by atoms with Crippen LogP contribution in [0.1, 0.15) is 24.9 Å². The summed E-state index contributed by atoms with van der Waals surface area (Å²) < 4.78 is 0. The van der Waals surface area contributed by atoms with Crippen LogP contribution in [-0.4, -0.2) is 54.2 Å². The molecule has 1 aromatic carbocycles. The predicted octanol–water partition coefficient (Wildman–Crippen LogP) is 1.75. The normalized spacial score (nSPS) is 24.7. The molecule has 3 nitrogen and oxygen atoms in total. The Morgan fingerprint density at radius 3 is 2.67 bits per heavy atom. The summed E-state index contributed by atoms with van der Waals surface area (Å²) >= 11 is 0. The molecule has 2 unspecified atom stereocenters. The fourth-order valence-electron chi connectivity index (χ4n) is 2.86. The minimum Gasteiger partial charge on any atom is -0.395 e. The molecule has 0 spiro atoms. The summed E-state index contributed by atoms with van der Waals surface area (Å²) in [7, 11) is 2.14. The molecule has 1 N–H and O–H groups in total. The van der Waals surface area contributed by atoms with Crippen molar-refractivity contribution >= 4 is 0 Å². The molecule has 0 aromatic heterocycles. The SMILES string of the molecule is CC(c1ccccc1)N1CCCN(C)CC1CO. The van der Waals surface area contributed by atoms with E-state index >= 15 is 0 Å². The van der Waals surface area contributed by atoms with Crippen LogP contribution in [0.4, 0.5) is 0 Å². The Kier molecular flexibility index (Phi) is 4.75. The first kappa shape index (κ1) is 13.5. The molecule has 0 bridgehead atoms. The molecule has 1 fully saturated rings. The molecule has 0 saturated carbocycles. The molecular formula is C15H24N2O. The topological polar surface area (TPSA) is 26.7 Å². The number of hydrogen-bond donors (Lipinski definition) is 1. The highest BCUT2D eigenvalue weighted by Crippen LogP contribution is 2.24. The van der Waals surface area contributed by atoms with Gasteiger partial charge in [0, 0.05) is 25.2 Å². The Hall–Kier alpha value is -0.900. The number of aliphatic hydroxyl groups excluding tert-OH is 1. The van der Waals surface area contributed by atoms with Crippen LogP contribution < -0.4 is 0 Å². The zero-order valence-corrected chi connectivity index (χ0v) is 11.4. The van der Waals surface area contributed by atoms with Crippen molar-refractivity contribution < 1.29 is 5.11 Å². The zero-order chi connectivity index (χ0) is 13.0. The number of benzene rings is 1. The Labute approximate surface area is 110 Å². The van der Waals surface area contributed by atoms with Crippen molar-refractivity contribution in [2.75, 3.05) is 33.3 Å². The Balaban J connectivity index is 2.14. The summed E-state index contributed by atoms with van der Waals surface area (Å²) in [4.78, 5) is 4.76. The van der Waals surface area contributed by atoms with Crippen LogP contribution in [0.3, 0.4) is 0 Å². The molecule has 18 heavy (non-hydrogen) atoms. The third-order valence-corrected chi connectivity index (χ3v) is 3.94. The summed E-state index contributed by atoms with van der Waals surface area (Å²) in [6, 6.07) is 11.2. The molecule has 100 valence electrons. The fourth-order valence-corrected chi connectivity index (χ4v) is 2.86. The van der Waals surface area contributed by atoms with Crippen molar-refractivity contribution in [1.82, 2.24) is 9.80 Å². The number of aliphatic hydroxyl groups is 1. The van der Waals surface area contributed by atoms with Gasteiger partial charge in [-0.25, -0.2) is 0 Å². The lowest BCUT2D eigenvalue weighted by Crippen LogP contribution is -2.43. The minimum atomic E-state index is 0.238. The molecule has 1 saturated heterocycles. The molecule has 1 aliphatic rings. The molecule has 0 radical (unpaired) electrons. The van der Waals surface area contributed by atoms with Gasteiger partial charge in [-0.1, -0.05) is 30.3 Å². The quantitative estimate of drug-likeness (QED) is 0.883. The van der Waals surface area contributed by atoms with Gasteiger partial charge in [0.15, 0.2) is 0 Å². The smallest absolute Gasteiger partial charge is 0.0599 e. The summed E-state index contributed by atoms with van der Waals surface area (Å²) in [6.07, 6.45) is 1.17. The first-order valence-electron chi connectivity index (χ1n) is 6.82. The molecular weight excluding hydrogens is 224 g/mol. The summed E-state index contributed by atoms with van der Waals surface area (Å²) in [5.41, 5.74) is 1.33. The van der Waals surface area contributed by atoms with E-state index in [1.165, 1.54) is 12.0 Å². The van der Waals surface area contributed by atoms with Crippen LogP contribution in [0.25, 0.3) is 0 Å². The van der Waals surface area contributed by atoms with Crippen molar-refractivity contribution in [1.29, 1.82) is 0 Å². The van der Waals surface area contributed by atoms with E-state index in [1.54, 1.807) is 0 Å². The van der Waals surface area contributed by atoms with E-state index in [4.69, 9.17) is 0 Å². The second-order valence-corrected chi connectivity index (χ2v) is 5.28. The average molecular weight is 248 g/mol. The van der Waals surface area contributed by atoms with Crippen molar-refractivity contribution in [2.45, 2.75) is 25.4 Å². The minimum absolute atomic E-state index is 0.238. The van der Waals surface area contributed by atoms with Gasteiger partial charge < -0.3 is 10.0 Å². The molecule has 0 amide bonds. The second kappa shape index (κ2) is 6.32. The molecule has 0 aliphatic carbocycles. The van der Waals surface area contributed by atoms with Crippen molar-refractivity contribution in [2.24, 2.45) is 0 Å². The average Bonchev–Trinajstić information content (AvgIpc) is 2.60. The van der Waals surface area contributed by atoms with Crippen LogP contribution in [0, 0.1) is 0 Å². The highest BCUT2D eigenvalue weighted by molar-refractivity contribution is 5.18. The zero-order valence-electron chi connectivity index (χ0n) is 11.4. The van der Waals surface area contributed by atoms with Crippen LogP contribution in [0.5, 0.6) is 0 Å². The lowest BCUT2D eigenvalue weighted by atomic mass is 10.0. The van der Waals surface area contributed by atoms with Gasteiger partial charge >= 0.3 is 0 Å². The number of likely N-dealkylation sites (N-methyl/N-ethyl adjacent to an activating group) is 1. The monoisotopic (exact) mass is 248 g/mol. The van der Waals surface area contributed by atoms with Gasteiger partial charge in [-0.3, -0.25) is 4.90 Å². The number of nitrogens with zero attached hydrogens (tertiary/aromatic N) is 2. The summed E-state index contributed by atoms with van der Waals surface area (Å²) in [5.74, 6) is 0. The second-order valence-electron chi connectivity index (χ2n) is 5.28. The van der Waals surface area contributed by atoms with Gasteiger partial charge in [0.05, 0.1) is 6.61 Å². The van der Waals surface area contributed by atoms with Gasteiger partial charge in [0.25, 0.3) is 0 Å². The molecule has 3 heteroatoms. The van der Waals surface area contributed by atoms with Crippen LogP contribution in [0.2, 0.25) is 0 Å². The molecule has 1 aromatic rings. The van der Waals surface area contributed by atoms with Gasteiger partial charge in [-0.2, -0.15) is 0 Å². The van der Waals surface area contributed by atoms with E-state index < -0.39 is 0 Å². The maximum Gasteiger partial charge on any atom is 0.0599 e. The largest absolute Gasteiger partial charge is 0.395 e. The van der Waals surface area contributed by atoms with Gasteiger partial charge in [0.1, 0.15) is 0 Å². The maximum absolute atomic E-state index is 9.63. The number of rotatable bonds is 3. The van der Waals surface area contributed by atoms with E-state index in [1.807, 2.05) is 0 Å². The molecule has 2 atom stereocenters. The Morgan fingerprint density at radius 1 is 1.28 bits per heavy atom. The van der Waals surface area contributed by atoms with Crippen LogP contribution in [-0.2, 0) is 0 Å². The molecule has 1 aliphatic heterocycles. The third kappa shape index (κ3) is 3.10. The molecule has 1 heterocycles. The Morgan fingerprint density at radius 2 is 2.00 bits per heavy atom. The molecule has 2 rings (SSSR count). The van der Waals surface area contributed by atoms with Gasteiger partial charge in [0.2, 0.25) is 0 Å². The first-order chi connectivity index (χ1) is 8.72. The first-order valence-corrected chi connectivity index (χ1v) is 6.82. The standard InChI is InChI=1S/C15H24N2O/c1-13(14-7-4-3-5-8-14)17-10-6-9-16(2)11-15(17)12-18/h3-5,7-8,13,15,18H,6,9-12H2,1-2H3.